The summed E-state index contributed by atoms with van der Waals surface area (Å²) in [4.78, 5) is 14.4. The van der Waals surface area contributed by atoms with Crippen LogP contribution < -0.4 is 0 Å². The summed E-state index contributed by atoms with van der Waals surface area (Å²) in [6.45, 7) is 0. The number of nitro groups is 1. The number of aromatic amines is 1. The maximum atomic E-state index is 11.5. The summed E-state index contributed by atoms with van der Waals surface area (Å²) in [5, 5.41) is 14.4. The van der Waals surface area contributed by atoms with Crippen LogP contribution in [0.15, 0.2) is 66.9 Å². The third-order valence-electron chi connectivity index (χ3n) is 3.94. The SMILES string of the molecule is O=[N+]([O-])c1cc2ccccc2cc1-c1cccc2cc[nH]c12. The molecule has 4 nitrogen and oxygen atoms in total. The van der Waals surface area contributed by atoms with Crippen LogP contribution in [0.3, 0.4) is 0 Å². The molecule has 4 rings (SSSR count). The lowest BCUT2D eigenvalue weighted by atomic mass is 9.97. The Hall–Kier alpha value is -3.14. The Balaban J connectivity index is 2.10. The molecule has 22 heavy (non-hydrogen) atoms. The van der Waals surface area contributed by atoms with E-state index < -0.39 is 0 Å². The molecule has 0 saturated carbocycles. The van der Waals surface area contributed by atoms with Crippen molar-refractivity contribution in [2.45, 2.75) is 0 Å². The van der Waals surface area contributed by atoms with Crippen LogP contribution in [0.25, 0.3) is 32.8 Å². The Kier molecular flexibility index (Phi) is 2.69. The van der Waals surface area contributed by atoms with E-state index in [9.17, 15) is 10.1 Å². The first-order valence-electron chi connectivity index (χ1n) is 6.98. The van der Waals surface area contributed by atoms with Gasteiger partial charge in [0.05, 0.1) is 16.0 Å². The minimum absolute atomic E-state index is 0.126. The summed E-state index contributed by atoms with van der Waals surface area (Å²) in [7, 11) is 0. The van der Waals surface area contributed by atoms with Gasteiger partial charge in [-0.2, -0.15) is 0 Å². The van der Waals surface area contributed by atoms with Crippen molar-refractivity contribution >= 4 is 27.4 Å². The Bertz CT molecular complexity index is 1020. The summed E-state index contributed by atoms with van der Waals surface area (Å²) >= 11 is 0. The Morgan fingerprint density at radius 2 is 1.55 bits per heavy atom. The second-order valence-corrected chi connectivity index (χ2v) is 5.22. The van der Waals surface area contributed by atoms with Crippen molar-refractivity contribution in [1.29, 1.82) is 0 Å². The molecular formula is C18H12N2O2. The molecule has 0 aliphatic rings. The summed E-state index contributed by atoms with van der Waals surface area (Å²) in [6.07, 6.45) is 1.85. The van der Waals surface area contributed by atoms with Gasteiger partial charge in [-0.25, -0.2) is 0 Å². The lowest BCUT2D eigenvalue weighted by molar-refractivity contribution is -0.384. The van der Waals surface area contributed by atoms with E-state index in [1.54, 1.807) is 6.07 Å². The fourth-order valence-electron chi connectivity index (χ4n) is 2.90. The van der Waals surface area contributed by atoms with E-state index in [2.05, 4.69) is 4.98 Å². The van der Waals surface area contributed by atoms with Crippen molar-refractivity contribution in [3.63, 3.8) is 0 Å². The quantitative estimate of drug-likeness (QED) is 0.421. The zero-order valence-electron chi connectivity index (χ0n) is 11.6. The third-order valence-corrected chi connectivity index (χ3v) is 3.94. The number of fused-ring (bicyclic) bond motifs is 2. The van der Waals surface area contributed by atoms with E-state index in [-0.39, 0.29) is 10.6 Å². The lowest BCUT2D eigenvalue weighted by Crippen LogP contribution is -1.93. The monoisotopic (exact) mass is 288 g/mol. The molecule has 0 bridgehead atoms. The number of nitrogens with one attached hydrogen (secondary N) is 1. The van der Waals surface area contributed by atoms with Gasteiger partial charge < -0.3 is 4.98 Å². The maximum Gasteiger partial charge on any atom is 0.277 e. The van der Waals surface area contributed by atoms with Gasteiger partial charge in [-0.1, -0.05) is 42.5 Å². The van der Waals surface area contributed by atoms with Crippen LogP contribution >= 0.6 is 0 Å². The van der Waals surface area contributed by atoms with Crippen LogP contribution in [0.4, 0.5) is 5.69 Å². The van der Waals surface area contributed by atoms with Crippen LogP contribution in [-0.4, -0.2) is 9.91 Å². The van der Waals surface area contributed by atoms with Gasteiger partial charge in [0.15, 0.2) is 0 Å². The van der Waals surface area contributed by atoms with Crippen molar-refractivity contribution in [3.8, 4) is 11.1 Å². The molecule has 0 aliphatic heterocycles. The zero-order chi connectivity index (χ0) is 15.1. The molecule has 0 saturated heterocycles. The van der Waals surface area contributed by atoms with Crippen LogP contribution in [0.5, 0.6) is 0 Å². The van der Waals surface area contributed by atoms with Crippen LogP contribution in [0.1, 0.15) is 0 Å². The first kappa shape index (κ1) is 12.6. The molecule has 0 atom stereocenters. The molecule has 0 spiro atoms. The van der Waals surface area contributed by atoms with Crippen LogP contribution in [0, 0.1) is 10.1 Å². The highest BCUT2D eigenvalue weighted by molar-refractivity contribution is 6.00. The first-order valence-corrected chi connectivity index (χ1v) is 6.98. The van der Waals surface area contributed by atoms with Crippen molar-refractivity contribution in [1.82, 2.24) is 4.98 Å². The molecule has 0 fully saturated rings. The number of rotatable bonds is 2. The molecule has 0 aliphatic carbocycles. The van der Waals surface area contributed by atoms with Gasteiger partial charge in [0.1, 0.15) is 0 Å². The number of benzene rings is 3. The van der Waals surface area contributed by atoms with E-state index in [4.69, 9.17) is 0 Å². The van der Waals surface area contributed by atoms with Crippen molar-refractivity contribution in [2.75, 3.05) is 0 Å². The van der Waals surface area contributed by atoms with Crippen LogP contribution in [0.2, 0.25) is 0 Å². The van der Waals surface area contributed by atoms with Gasteiger partial charge in [0, 0.05) is 17.8 Å². The number of aromatic nitrogens is 1. The standard InChI is InChI=1S/C18H12N2O2/c21-20(22)17-11-14-5-2-1-4-13(14)10-16(17)15-7-3-6-12-8-9-19-18(12)15/h1-11,19H. The van der Waals surface area contributed by atoms with Gasteiger partial charge in [-0.3, -0.25) is 10.1 Å². The molecule has 3 aromatic carbocycles. The van der Waals surface area contributed by atoms with Crippen molar-refractivity contribution in [2.24, 2.45) is 0 Å². The van der Waals surface area contributed by atoms with Gasteiger partial charge >= 0.3 is 0 Å². The highest BCUT2D eigenvalue weighted by Gasteiger charge is 2.18. The fourth-order valence-corrected chi connectivity index (χ4v) is 2.90. The molecule has 1 N–H and O–H groups in total. The number of nitrogens with zero attached hydrogens (tertiary/aromatic N) is 1. The Morgan fingerprint density at radius 3 is 2.32 bits per heavy atom. The minimum atomic E-state index is -0.316. The van der Waals surface area contributed by atoms with Gasteiger partial charge in [0.25, 0.3) is 5.69 Å². The van der Waals surface area contributed by atoms with E-state index >= 15 is 0 Å². The third kappa shape index (κ3) is 1.85. The molecule has 4 aromatic rings. The molecule has 1 aromatic heterocycles. The smallest absolute Gasteiger partial charge is 0.277 e. The minimum Gasteiger partial charge on any atom is -0.361 e. The van der Waals surface area contributed by atoms with Gasteiger partial charge in [0.2, 0.25) is 0 Å². The Morgan fingerprint density at radius 1 is 0.818 bits per heavy atom. The number of H-pyrrole nitrogens is 1. The number of hydrogen-bond donors (Lipinski definition) is 1. The molecule has 0 amide bonds. The fraction of sp³-hybridized carbons (Fsp3) is 0. The second kappa shape index (κ2) is 4.70. The van der Waals surface area contributed by atoms with Crippen molar-refractivity contribution < 1.29 is 4.92 Å². The number of hydrogen-bond acceptors (Lipinski definition) is 2. The molecule has 4 heteroatoms. The zero-order valence-corrected chi connectivity index (χ0v) is 11.6. The van der Waals surface area contributed by atoms with E-state index in [0.717, 1.165) is 27.2 Å². The summed E-state index contributed by atoms with van der Waals surface area (Å²) in [5.74, 6) is 0. The van der Waals surface area contributed by atoms with E-state index in [0.29, 0.717) is 5.56 Å². The van der Waals surface area contributed by atoms with E-state index in [1.807, 2.05) is 60.8 Å². The largest absolute Gasteiger partial charge is 0.361 e. The molecule has 0 radical (unpaired) electrons. The normalized spacial score (nSPS) is 11.1. The molecular weight excluding hydrogens is 276 g/mol. The topological polar surface area (TPSA) is 58.9 Å². The molecule has 1 heterocycles. The second-order valence-electron chi connectivity index (χ2n) is 5.22. The molecule has 0 unspecified atom stereocenters. The van der Waals surface area contributed by atoms with E-state index in [1.165, 1.54) is 0 Å². The highest BCUT2D eigenvalue weighted by atomic mass is 16.6. The predicted molar refractivity (Wildman–Crippen MR) is 87.9 cm³/mol. The summed E-state index contributed by atoms with van der Waals surface area (Å²) in [6, 6.07) is 19.0. The van der Waals surface area contributed by atoms with Gasteiger partial charge in [-0.05, 0) is 28.3 Å². The molecule has 106 valence electrons. The van der Waals surface area contributed by atoms with Crippen LogP contribution in [-0.2, 0) is 0 Å². The average Bonchev–Trinajstić information content (AvgIpc) is 3.02. The summed E-state index contributed by atoms with van der Waals surface area (Å²) < 4.78 is 0. The maximum absolute atomic E-state index is 11.5. The number of para-hydroxylation sites is 1. The Labute approximate surface area is 126 Å². The number of nitro benzene ring substituents is 1. The predicted octanol–water partition coefficient (Wildman–Crippen LogP) is 4.90. The lowest BCUT2D eigenvalue weighted by Gasteiger charge is -2.07. The average molecular weight is 288 g/mol. The first-order chi connectivity index (χ1) is 10.7. The van der Waals surface area contributed by atoms with Crippen molar-refractivity contribution in [3.05, 3.63) is 77.0 Å². The highest BCUT2D eigenvalue weighted by Crippen LogP contribution is 2.37. The summed E-state index contributed by atoms with van der Waals surface area (Å²) in [5.41, 5.74) is 2.53. The van der Waals surface area contributed by atoms with Gasteiger partial charge in [-0.15, -0.1) is 0 Å².